The molecule has 2 saturated carbocycles. The Hall–Kier alpha value is -4.36. The van der Waals surface area contributed by atoms with Gasteiger partial charge in [0.25, 0.3) is 0 Å². The van der Waals surface area contributed by atoms with E-state index in [0.29, 0.717) is 30.6 Å². The number of fused-ring (bicyclic) bond motifs is 9. The average Bonchev–Trinajstić information content (AvgIpc) is 3.50. The molecule has 3 aromatic rings. The third-order valence-corrected chi connectivity index (χ3v) is 12.8. The van der Waals surface area contributed by atoms with Crippen molar-refractivity contribution in [1.82, 2.24) is 9.88 Å². The number of aliphatic hydroxyl groups is 3. The SMILES string of the molecule is C=c1oc2cc(OC)cc(=C(O)C[C@H]3COC(=O)C[C@H](N)c4cc(O)c(c(Cl)c4)O[C@@H]4CC3C#CC3CCCC34O[C@@H]3CC(C)(C)[C@@H](N(C)C)[C@@H](O)[C@H]3O)c2nc1=O. The number of carbonyl (C=O) groups excluding carboxylic acids is 1. The Morgan fingerprint density at radius 2 is 1.91 bits per heavy atom. The number of nitrogens with two attached hydrogens (primary N) is 1. The molecule has 312 valence electrons. The van der Waals surface area contributed by atoms with Crippen LogP contribution in [0.15, 0.2) is 33.5 Å². The van der Waals surface area contributed by atoms with Gasteiger partial charge in [-0.1, -0.05) is 43.9 Å². The summed E-state index contributed by atoms with van der Waals surface area (Å²) in [6.07, 6.45) is -1.93. The molecule has 1 aromatic heterocycles. The lowest BCUT2D eigenvalue weighted by atomic mass is 9.68. The molecule has 3 heterocycles. The van der Waals surface area contributed by atoms with Crippen molar-refractivity contribution in [3.63, 3.8) is 0 Å². The summed E-state index contributed by atoms with van der Waals surface area (Å²) < 4.78 is 30.9. The van der Waals surface area contributed by atoms with Crippen LogP contribution in [0.25, 0.3) is 23.4 Å². The summed E-state index contributed by atoms with van der Waals surface area (Å²) in [7, 11) is 5.20. The molecule has 10 atom stereocenters. The van der Waals surface area contributed by atoms with Crippen LogP contribution in [0.5, 0.6) is 17.2 Å². The van der Waals surface area contributed by atoms with Gasteiger partial charge in [-0.05, 0) is 69.0 Å². The maximum atomic E-state index is 13.3. The normalized spacial score (nSPS) is 32.6. The number of esters is 1. The molecule has 2 aliphatic heterocycles. The molecule has 0 amide bonds. The lowest BCUT2D eigenvalue weighted by Gasteiger charge is -2.53. The van der Waals surface area contributed by atoms with Gasteiger partial charge < -0.3 is 54.4 Å². The van der Waals surface area contributed by atoms with Crippen molar-refractivity contribution in [3.8, 4) is 29.1 Å². The zero-order valence-electron chi connectivity index (χ0n) is 33.4. The number of methoxy groups -OCH3 is 1. The highest BCUT2D eigenvalue weighted by molar-refractivity contribution is 6.32. The number of ether oxygens (including phenoxy) is 4. The highest BCUT2D eigenvalue weighted by Gasteiger charge is 2.58. The fourth-order valence-corrected chi connectivity index (χ4v) is 10.0. The fraction of sp³-hybridized carbons (Fsp3) is 0.558. The lowest BCUT2D eigenvalue weighted by molar-refractivity contribution is -0.234. The van der Waals surface area contributed by atoms with E-state index in [9.17, 15) is 30.0 Å². The second-order valence-corrected chi connectivity index (χ2v) is 17.5. The van der Waals surface area contributed by atoms with Gasteiger partial charge in [-0.3, -0.25) is 9.59 Å². The average molecular weight is 822 g/mol. The lowest BCUT2D eigenvalue weighted by Crippen LogP contribution is -2.64. The van der Waals surface area contributed by atoms with Crippen molar-refractivity contribution in [2.45, 2.75) is 101 Å². The predicted octanol–water partition coefficient (Wildman–Crippen LogP) is 3.06. The number of nitrogens with zero attached hydrogens (tertiary/aromatic N) is 2. The molecule has 3 unspecified atom stereocenters. The second-order valence-electron chi connectivity index (χ2n) is 17.1. The first-order chi connectivity index (χ1) is 27.4. The van der Waals surface area contributed by atoms with Crippen molar-refractivity contribution in [2.24, 2.45) is 28.9 Å². The Bertz CT molecular complexity index is 2300. The van der Waals surface area contributed by atoms with Crippen LogP contribution in [-0.2, 0) is 14.3 Å². The fourth-order valence-electron chi connectivity index (χ4n) is 9.74. The molecule has 6 N–H and O–H groups in total. The molecule has 8 rings (SSSR count). The van der Waals surface area contributed by atoms with E-state index < -0.39 is 70.8 Å². The zero-order chi connectivity index (χ0) is 41.8. The Kier molecular flexibility index (Phi) is 11.5. The van der Waals surface area contributed by atoms with Crippen molar-refractivity contribution >= 4 is 41.0 Å². The number of phenolic OH excluding ortho intramolecular Hbond substituents is 1. The molecule has 58 heavy (non-hydrogen) atoms. The Morgan fingerprint density at radius 3 is 2.62 bits per heavy atom. The number of aliphatic hydroxyl groups excluding tert-OH is 3. The molecule has 5 aliphatic rings. The van der Waals surface area contributed by atoms with Crippen molar-refractivity contribution < 1.29 is 48.6 Å². The first-order valence-corrected chi connectivity index (χ1v) is 20.0. The maximum Gasteiger partial charge on any atom is 0.312 e. The number of phenols is 1. The first-order valence-electron chi connectivity index (χ1n) is 19.6. The Labute approximate surface area is 341 Å². The molecule has 0 saturated heterocycles. The molecule has 0 spiro atoms. The van der Waals surface area contributed by atoms with Crippen molar-refractivity contribution in [2.75, 3.05) is 27.8 Å². The summed E-state index contributed by atoms with van der Waals surface area (Å²) >= 11 is 6.83. The summed E-state index contributed by atoms with van der Waals surface area (Å²) in [5.41, 5.74) is 4.58. The van der Waals surface area contributed by atoms with Gasteiger partial charge in [-0.2, -0.15) is 0 Å². The van der Waals surface area contributed by atoms with E-state index in [1.54, 1.807) is 6.07 Å². The van der Waals surface area contributed by atoms with Crippen LogP contribution in [0.4, 0.5) is 0 Å². The minimum absolute atomic E-state index is 0.00408. The van der Waals surface area contributed by atoms with Gasteiger partial charge in [0, 0.05) is 48.0 Å². The van der Waals surface area contributed by atoms with Crippen LogP contribution in [0, 0.1) is 35.0 Å². The number of rotatable bonds is 6. The van der Waals surface area contributed by atoms with Gasteiger partial charge in [0.15, 0.2) is 22.5 Å². The number of halogens is 1. The van der Waals surface area contributed by atoms with Crippen molar-refractivity contribution in [1.29, 1.82) is 0 Å². The van der Waals surface area contributed by atoms with E-state index in [1.807, 2.05) is 32.8 Å². The highest BCUT2D eigenvalue weighted by atomic mass is 35.5. The summed E-state index contributed by atoms with van der Waals surface area (Å²) in [4.78, 5) is 32.0. The second kappa shape index (κ2) is 16.0. The third kappa shape index (κ3) is 7.76. The monoisotopic (exact) mass is 821 g/mol. The van der Waals surface area contributed by atoms with Gasteiger partial charge in [0.2, 0.25) is 0 Å². The Balaban J connectivity index is 1.35. The number of carbonyl (C=O) groups is 1. The van der Waals surface area contributed by atoms with Crippen LogP contribution >= 0.6 is 11.6 Å². The Morgan fingerprint density at radius 1 is 1.16 bits per heavy atom. The quantitative estimate of drug-likeness (QED) is 0.179. The van der Waals surface area contributed by atoms with E-state index in [-0.39, 0.29) is 75.9 Å². The minimum atomic E-state index is -1.23. The zero-order valence-corrected chi connectivity index (χ0v) is 34.1. The summed E-state index contributed by atoms with van der Waals surface area (Å²) in [6, 6.07) is 4.81. The topological polar surface area (TPSA) is 207 Å². The molecule has 14 nitrogen and oxygen atoms in total. The van der Waals surface area contributed by atoms with Gasteiger partial charge in [0.1, 0.15) is 34.8 Å². The van der Waals surface area contributed by atoms with E-state index in [4.69, 9.17) is 40.7 Å². The van der Waals surface area contributed by atoms with Crippen LogP contribution in [-0.4, -0.2) is 100 Å². The van der Waals surface area contributed by atoms with Crippen LogP contribution in [0.2, 0.25) is 5.02 Å². The molecule has 4 bridgehead atoms. The molecule has 2 fully saturated rings. The van der Waals surface area contributed by atoms with Gasteiger partial charge >= 0.3 is 11.5 Å². The van der Waals surface area contributed by atoms with Crippen molar-refractivity contribution in [3.05, 3.63) is 55.8 Å². The van der Waals surface area contributed by atoms with Gasteiger partial charge in [-0.15, -0.1) is 0 Å². The predicted molar refractivity (Wildman–Crippen MR) is 214 cm³/mol. The van der Waals surface area contributed by atoms with E-state index >= 15 is 0 Å². The number of aromatic hydroxyl groups is 1. The number of benzene rings is 2. The van der Waals surface area contributed by atoms with Gasteiger partial charge in [-0.25, -0.2) is 4.98 Å². The molecular formula is C43H52ClN3O11. The van der Waals surface area contributed by atoms with E-state index in [1.165, 1.54) is 25.3 Å². The summed E-state index contributed by atoms with van der Waals surface area (Å²) in [5, 5.41) is 46.7. The van der Waals surface area contributed by atoms with Crippen LogP contribution in [0.1, 0.15) is 70.4 Å². The largest absolute Gasteiger partial charge is 0.512 e. The van der Waals surface area contributed by atoms with Gasteiger partial charge in [0.05, 0.1) is 43.3 Å². The minimum Gasteiger partial charge on any atom is -0.512 e. The smallest absolute Gasteiger partial charge is 0.312 e. The summed E-state index contributed by atoms with van der Waals surface area (Å²) in [6.45, 7) is 7.52. The molecule has 2 aromatic carbocycles. The highest BCUT2D eigenvalue weighted by Crippen LogP contribution is 2.51. The molecule has 15 heteroatoms. The van der Waals surface area contributed by atoms with E-state index in [0.717, 1.165) is 6.42 Å². The number of hydrogen-bond acceptors (Lipinski definition) is 14. The van der Waals surface area contributed by atoms with E-state index in [2.05, 4.69) is 23.4 Å². The molecular weight excluding hydrogens is 770 g/mol. The summed E-state index contributed by atoms with van der Waals surface area (Å²) in [5.74, 6) is 4.44. The first kappa shape index (κ1) is 41.8. The number of aromatic nitrogens is 1. The number of likely N-dealkylation sites (N-methyl/N-ethyl adjacent to an activating group) is 1. The number of hydrogen-bond donors (Lipinski definition) is 5. The van der Waals surface area contributed by atoms with Crippen LogP contribution < -0.4 is 31.4 Å². The third-order valence-electron chi connectivity index (χ3n) is 12.5. The maximum absolute atomic E-state index is 13.3. The molecule has 0 radical (unpaired) electrons. The van der Waals surface area contributed by atoms with Crippen LogP contribution in [0.3, 0.4) is 0 Å². The molecule has 3 aliphatic carbocycles. The standard InChI is InChI=1S/C43H52ClN3O11/c1-21-41(53)46-36-27(16-26(54-6)17-32(36)56-21)30(48)14-24-20-55-35(50)18-29(45)23-12-28(44)39(31(49)13-23)57-34-15-22(24)9-10-25-8-7-11-43(25,34)58-33-19-42(2,3)40(47(4)5)38(52)37(33)51/h12-13,16-17,22,24-25,29,33-34,37-38,40,48-49,51-52H,1,7-8,11,14-15,18-20,45H2,2-6H3/t22?,24-,25?,29-,33+,34+,37-,38-,40-,43?/m0/s1.